The molecule has 8 heteroatoms. The summed E-state index contributed by atoms with van der Waals surface area (Å²) in [5, 5.41) is 2.83. The Morgan fingerprint density at radius 2 is 1.68 bits per heavy atom. The first-order chi connectivity index (χ1) is 16.5. The summed E-state index contributed by atoms with van der Waals surface area (Å²) in [6.45, 7) is 1.48. The molecule has 2 aromatic rings. The molecule has 2 amide bonds. The molecule has 1 saturated carbocycles. The van der Waals surface area contributed by atoms with Crippen molar-refractivity contribution in [2.45, 2.75) is 57.5 Å². The second kappa shape index (κ2) is 10.8. The van der Waals surface area contributed by atoms with Crippen LogP contribution in [-0.2, 0) is 6.54 Å². The van der Waals surface area contributed by atoms with Crippen LogP contribution in [0.5, 0.6) is 11.5 Å². The molecule has 4 rings (SSSR count). The monoisotopic (exact) mass is 467 g/mol. The van der Waals surface area contributed by atoms with Crippen molar-refractivity contribution in [3.8, 4) is 11.5 Å². The third kappa shape index (κ3) is 5.11. The molecule has 8 nitrogen and oxygen atoms in total. The number of likely N-dealkylation sites (tertiary alicyclic amines) is 1. The van der Waals surface area contributed by atoms with Gasteiger partial charge in [0.2, 0.25) is 5.43 Å². The van der Waals surface area contributed by atoms with Crippen LogP contribution < -0.4 is 20.2 Å². The predicted molar refractivity (Wildman–Crippen MR) is 129 cm³/mol. The van der Waals surface area contributed by atoms with Gasteiger partial charge in [0, 0.05) is 49.7 Å². The smallest absolute Gasteiger partial charge is 0.259 e. The molecule has 1 aliphatic heterocycles. The van der Waals surface area contributed by atoms with E-state index in [1.807, 2.05) is 10.6 Å². The number of hydrogen-bond acceptors (Lipinski definition) is 5. The lowest BCUT2D eigenvalue weighted by Gasteiger charge is -2.27. The third-order valence-electron chi connectivity index (χ3n) is 6.84. The molecule has 0 atom stereocenters. The summed E-state index contributed by atoms with van der Waals surface area (Å²) in [6, 6.07) is 5.54. The van der Waals surface area contributed by atoms with Crippen molar-refractivity contribution < 1.29 is 19.1 Å². The van der Waals surface area contributed by atoms with E-state index >= 15 is 0 Å². The number of carbonyl (C=O) groups is 2. The molecule has 182 valence electrons. The van der Waals surface area contributed by atoms with Crippen LogP contribution in [0.25, 0.3) is 0 Å². The Morgan fingerprint density at radius 1 is 0.971 bits per heavy atom. The Hall–Kier alpha value is -3.29. The van der Waals surface area contributed by atoms with E-state index in [0.717, 1.165) is 50.5 Å². The highest BCUT2D eigenvalue weighted by Crippen LogP contribution is 2.30. The van der Waals surface area contributed by atoms with Crippen molar-refractivity contribution in [3.05, 3.63) is 57.5 Å². The van der Waals surface area contributed by atoms with Crippen LogP contribution in [0.15, 0.2) is 35.4 Å². The quantitative estimate of drug-likeness (QED) is 0.673. The van der Waals surface area contributed by atoms with Gasteiger partial charge in [-0.1, -0.05) is 12.8 Å². The minimum absolute atomic E-state index is 0.00207. The van der Waals surface area contributed by atoms with Gasteiger partial charge in [-0.3, -0.25) is 14.4 Å². The number of hydrogen-bond donors (Lipinski definition) is 1. The van der Waals surface area contributed by atoms with E-state index in [0.29, 0.717) is 24.6 Å². The van der Waals surface area contributed by atoms with Crippen molar-refractivity contribution in [2.75, 3.05) is 27.3 Å². The van der Waals surface area contributed by atoms with E-state index in [9.17, 15) is 14.4 Å². The summed E-state index contributed by atoms with van der Waals surface area (Å²) >= 11 is 0. The highest BCUT2D eigenvalue weighted by atomic mass is 16.5. The van der Waals surface area contributed by atoms with Gasteiger partial charge in [0.15, 0.2) is 0 Å². The minimum Gasteiger partial charge on any atom is -0.497 e. The highest BCUT2D eigenvalue weighted by Gasteiger charge is 2.26. The Bertz CT molecular complexity index is 1100. The summed E-state index contributed by atoms with van der Waals surface area (Å²) in [4.78, 5) is 41.5. The fraction of sp³-hybridized carbons (Fsp3) is 0.500. The zero-order valence-electron chi connectivity index (χ0n) is 20.0. The van der Waals surface area contributed by atoms with E-state index in [2.05, 4.69) is 5.32 Å². The summed E-state index contributed by atoms with van der Waals surface area (Å²) in [6.07, 6.45) is 10.4. The molecule has 0 radical (unpaired) electrons. The van der Waals surface area contributed by atoms with Crippen LogP contribution in [0.4, 0.5) is 0 Å². The number of aromatic nitrogens is 1. The molecule has 0 spiro atoms. The number of benzene rings is 1. The van der Waals surface area contributed by atoms with Gasteiger partial charge in [0.05, 0.1) is 14.2 Å². The van der Waals surface area contributed by atoms with E-state index in [1.54, 1.807) is 43.6 Å². The summed E-state index contributed by atoms with van der Waals surface area (Å²) in [5.74, 6) is 0.457. The largest absolute Gasteiger partial charge is 0.497 e. The van der Waals surface area contributed by atoms with Crippen LogP contribution >= 0.6 is 0 Å². The van der Waals surface area contributed by atoms with Gasteiger partial charge in [-0.2, -0.15) is 0 Å². The van der Waals surface area contributed by atoms with Crippen molar-refractivity contribution in [2.24, 2.45) is 0 Å². The zero-order chi connectivity index (χ0) is 24.1. The number of rotatable bonds is 7. The van der Waals surface area contributed by atoms with Crippen LogP contribution in [0.2, 0.25) is 0 Å². The van der Waals surface area contributed by atoms with Gasteiger partial charge in [-0.15, -0.1) is 0 Å². The molecule has 2 aliphatic rings. The lowest BCUT2D eigenvalue weighted by molar-refractivity contribution is 0.0722. The number of pyridine rings is 1. The van der Waals surface area contributed by atoms with Gasteiger partial charge in [-0.05, 0) is 44.2 Å². The Balaban J connectivity index is 1.62. The first kappa shape index (κ1) is 23.9. The molecule has 0 unspecified atom stereocenters. The lowest BCUT2D eigenvalue weighted by atomic mass is 10.1. The maximum Gasteiger partial charge on any atom is 0.259 e. The summed E-state index contributed by atoms with van der Waals surface area (Å²) in [5.41, 5.74) is 0.336. The average Bonchev–Trinajstić information content (AvgIpc) is 3.42. The van der Waals surface area contributed by atoms with Crippen molar-refractivity contribution in [1.29, 1.82) is 0 Å². The Kier molecular flexibility index (Phi) is 7.55. The molecular formula is C26H33N3O5. The van der Waals surface area contributed by atoms with Gasteiger partial charge >= 0.3 is 0 Å². The first-order valence-corrected chi connectivity index (χ1v) is 12.1. The van der Waals surface area contributed by atoms with Crippen LogP contribution in [-0.4, -0.2) is 48.6 Å². The van der Waals surface area contributed by atoms with Crippen molar-refractivity contribution in [1.82, 2.24) is 14.8 Å². The maximum atomic E-state index is 13.3. The SMILES string of the molecule is COc1ccc(CNC(=O)c2cn(C3CCCC3)cc(C(=O)N3CCCCC3)c2=O)c(OC)c1. The van der Waals surface area contributed by atoms with Crippen LogP contribution in [0.1, 0.15) is 77.3 Å². The zero-order valence-corrected chi connectivity index (χ0v) is 20.0. The molecule has 1 aromatic carbocycles. The topological polar surface area (TPSA) is 89.9 Å². The second-order valence-corrected chi connectivity index (χ2v) is 9.01. The number of carbonyl (C=O) groups excluding carboxylic acids is 2. The number of amides is 2. The lowest BCUT2D eigenvalue weighted by Crippen LogP contribution is -2.40. The van der Waals surface area contributed by atoms with Crippen LogP contribution in [0, 0.1) is 0 Å². The van der Waals surface area contributed by atoms with Gasteiger partial charge in [0.25, 0.3) is 11.8 Å². The molecular weight excluding hydrogens is 434 g/mol. The summed E-state index contributed by atoms with van der Waals surface area (Å²) < 4.78 is 12.5. The van der Waals surface area contributed by atoms with Crippen LogP contribution in [0.3, 0.4) is 0 Å². The maximum absolute atomic E-state index is 13.3. The molecule has 2 fully saturated rings. The van der Waals surface area contributed by atoms with Gasteiger partial charge in [-0.25, -0.2) is 0 Å². The van der Waals surface area contributed by atoms with Crippen molar-refractivity contribution >= 4 is 11.8 Å². The second-order valence-electron chi connectivity index (χ2n) is 9.01. The number of methoxy groups -OCH3 is 2. The summed E-state index contributed by atoms with van der Waals surface area (Å²) in [7, 11) is 3.12. The fourth-order valence-electron chi connectivity index (χ4n) is 4.86. The molecule has 0 bridgehead atoms. The molecule has 1 aliphatic carbocycles. The normalized spacial score (nSPS) is 16.4. The van der Waals surface area contributed by atoms with Gasteiger partial charge < -0.3 is 24.3 Å². The van der Waals surface area contributed by atoms with E-state index < -0.39 is 11.3 Å². The minimum atomic E-state index is -0.510. The average molecular weight is 468 g/mol. The Labute approximate surface area is 199 Å². The molecule has 34 heavy (non-hydrogen) atoms. The fourth-order valence-corrected chi connectivity index (χ4v) is 4.86. The van der Waals surface area contributed by atoms with E-state index in [-0.39, 0.29) is 29.6 Å². The van der Waals surface area contributed by atoms with Crippen molar-refractivity contribution in [3.63, 3.8) is 0 Å². The standard InChI is InChI=1S/C26H33N3O5/c1-33-20-11-10-18(23(14-20)34-2)15-27-25(31)21-16-29(19-8-4-5-9-19)17-22(24(21)30)26(32)28-12-6-3-7-13-28/h10-11,14,16-17,19H,3-9,12-13,15H2,1-2H3,(H,27,31). The number of piperidine rings is 1. The van der Waals surface area contributed by atoms with E-state index in [1.165, 1.54) is 0 Å². The third-order valence-corrected chi connectivity index (χ3v) is 6.84. The molecule has 2 heterocycles. The number of nitrogens with zero attached hydrogens (tertiary/aromatic N) is 2. The molecule has 1 aromatic heterocycles. The molecule has 1 saturated heterocycles. The number of ether oxygens (including phenoxy) is 2. The predicted octanol–water partition coefficient (Wildman–Crippen LogP) is 3.54. The van der Waals surface area contributed by atoms with E-state index in [4.69, 9.17) is 9.47 Å². The number of nitrogens with one attached hydrogen (secondary N) is 1. The van der Waals surface area contributed by atoms with Gasteiger partial charge in [0.1, 0.15) is 22.6 Å². The molecule has 1 N–H and O–H groups in total. The highest BCUT2D eigenvalue weighted by molar-refractivity contribution is 5.99. The Morgan fingerprint density at radius 3 is 2.35 bits per heavy atom. The first-order valence-electron chi connectivity index (χ1n) is 12.1.